The molecule has 23 heavy (non-hydrogen) atoms. The molecule has 0 atom stereocenters. The van der Waals surface area contributed by atoms with E-state index in [1.165, 1.54) is 6.21 Å². The Labute approximate surface area is 135 Å². The molecule has 2 aromatic rings. The van der Waals surface area contributed by atoms with Gasteiger partial charge in [0, 0.05) is 5.69 Å². The van der Waals surface area contributed by atoms with Crippen molar-refractivity contribution in [3.05, 3.63) is 65.2 Å². The van der Waals surface area contributed by atoms with Gasteiger partial charge in [0.25, 0.3) is 0 Å². The van der Waals surface area contributed by atoms with Crippen LogP contribution in [-0.2, 0) is 9.59 Å². The number of hydrogen-bond donors (Lipinski definition) is 2. The molecule has 0 fully saturated rings. The number of aryl methyl sites for hydroxylation is 2. The fourth-order valence-corrected chi connectivity index (χ4v) is 1.92. The number of nitrogens with one attached hydrogen (secondary N) is 2. The summed E-state index contributed by atoms with van der Waals surface area (Å²) in [5.74, 6) is -0.832. The number of anilines is 1. The summed E-state index contributed by atoms with van der Waals surface area (Å²) in [5.41, 5.74) is 6.02. The molecule has 0 radical (unpaired) electrons. The normalized spacial score (nSPS) is 10.5. The summed E-state index contributed by atoms with van der Waals surface area (Å²) >= 11 is 0. The van der Waals surface area contributed by atoms with Gasteiger partial charge < -0.3 is 5.32 Å². The average molecular weight is 309 g/mol. The Kier molecular flexibility index (Phi) is 5.63. The van der Waals surface area contributed by atoms with Crippen LogP contribution in [0.2, 0.25) is 0 Å². The smallest absolute Gasteiger partial charge is 0.249 e. The van der Waals surface area contributed by atoms with Crippen LogP contribution in [0.4, 0.5) is 5.69 Å². The zero-order chi connectivity index (χ0) is 16.7. The van der Waals surface area contributed by atoms with Crippen molar-refractivity contribution < 1.29 is 9.59 Å². The molecule has 0 bridgehead atoms. The standard InChI is InChI=1S/C18H19N3O2/c1-13-7-9-15(10-8-13)12-19-21-18(23)11-17(22)20-16-6-4-3-5-14(16)2/h3-10,12H,11H2,1-2H3,(H,20,22)(H,21,23). The molecule has 2 rings (SSSR count). The van der Waals surface area contributed by atoms with E-state index in [4.69, 9.17) is 0 Å². The molecule has 0 unspecified atom stereocenters. The topological polar surface area (TPSA) is 70.6 Å². The van der Waals surface area contributed by atoms with Crippen molar-refractivity contribution in [2.45, 2.75) is 20.3 Å². The van der Waals surface area contributed by atoms with Crippen LogP contribution in [0, 0.1) is 13.8 Å². The highest BCUT2D eigenvalue weighted by atomic mass is 16.2. The first-order valence-corrected chi connectivity index (χ1v) is 7.28. The molecule has 2 N–H and O–H groups in total. The van der Waals surface area contributed by atoms with Crippen molar-refractivity contribution in [1.29, 1.82) is 0 Å². The zero-order valence-electron chi connectivity index (χ0n) is 13.2. The van der Waals surface area contributed by atoms with Gasteiger partial charge in [0.1, 0.15) is 6.42 Å². The molecule has 0 aliphatic heterocycles. The molecule has 0 saturated heterocycles. The Morgan fingerprint density at radius 1 is 1.00 bits per heavy atom. The molecule has 0 aromatic heterocycles. The van der Waals surface area contributed by atoms with Crippen molar-refractivity contribution in [3.63, 3.8) is 0 Å². The second-order valence-electron chi connectivity index (χ2n) is 5.24. The van der Waals surface area contributed by atoms with E-state index in [0.29, 0.717) is 5.69 Å². The molecular weight excluding hydrogens is 290 g/mol. The van der Waals surface area contributed by atoms with Gasteiger partial charge in [0.15, 0.2) is 0 Å². The number of para-hydroxylation sites is 1. The highest BCUT2D eigenvalue weighted by Gasteiger charge is 2.09. The monoisotopic (exact) mass is 309 g/mol. The summed E-state index contributed by atoms with van der Waals surface area (Å²) in [4.78, 5) is 23.5. The van der Waals surface area contributed by atoms with E-state index in [-0.39, 0.29) is 12.3 Å². The zero-order valence-corrected chi connectivity index (χ0v) is 13.2. The van der Waals surface area contributed by atoms with Crippen LogP contribution in [0.25, 0.3) is 0 Å². The number of hydrazone groups is 1. The largest absolute Gasteiger partial charge is 0.325 e. The van der Waals surface area contributed by atoms with E-state index in [0.717, 1.165) is 16.7 Å². The van der Waals surface area contributed by atoms with Crippen molar-refractivity contribution in [2.75, 3.05) is 5.32 Å². The van der Waals surface area contributed by atoms with Crippen LogP contribution in [-0.4, -0.2) is 18.0 Å². The molecule has 2 aromatic carbocycles. The van der Waals surface area contributed by atoms with E-state index in [1.54, 1.807) is 6.07 Å². The number of amides is 2. The molecule has 0 aliphatic rings. The summed E-state index contributed by atoms with van der Waals surface area (Å²) < 4.78 is 0. The molecular formula is C18H19N3O2. The lowest BCUT2D eigenvalue weighted by Crippen LogP contribution is -2.24. The van der Waals surface area contributed by atoms with Crippen LogP contribution in [0.1, 0.15) is 23.1 Å². The number of nitrogens with zero attached hydrogens (tertiary/aromatic N) is 1. The first-order chi connectivity index (χ1) is 11.0. The lowest BCUT2D eigenvalue weighted by Gasteiger charge is -2.07. The minimum Gasteiger partial charge on any atom is -0.325 e. The minimum absolute atomic E-state index is 0.278. The maximum Gasteiger partial charge on any atom is 0.249 e. The predicted molar refractivity (Wildman–Crippen MR) is 91.3 cm³/mol. The first-order valence-electron chi connectivity index (χ1n) is 7.28. The Morgan fingerprint density at radius 3 is 2.39 bits per heavy atom. The van der Waals surface area contributed by atoms with Crippen LogP contribution >= 0.6 is 0 Å². The SMILES string of the molecule is Cc1ccc(C=NNC(=O)CC(=O)Nc2ccccc2C)cc1. The van der Waals surface area contributed by atoms with Crippen LogP contribution in [0.3, 0.4) is 0 Å². The lowest BCUT2D eigenvalue weighted by atomic mass is 10.2. The third kappa shape index (κ3) is 5.39. The van der Waals surface area contributed by atoms with Gasteiger partial charge in [0.05, 0.1) is 6.21 Å². The quantitative estimate of drug-likeness (QED) is 0.506. The maximum atomic E-state index is 11.8. The van der Waals surface area contributed by atoms with Gasteiger partial charge in [-0.2, -0.15) is 5.10 Å². The Balaban J connectivity index is 1.81. The molecule has 2 amide bonds. The molecule has 0 aliphatic carbocycles. The van der Waals surface area contributed by atoms with E-state index >= 15 is 0 Å². The van der Waals surface area contributed by atoms with E-state index < -0.39 is 5.91 Å². The summed E-state index contributed by atoms with van der Waals surface area (Å²) in [6.45, 7) is 3.89. The van der Waals surface area contributed by atoms with Gasteiger partial charge in [0.2, 0.25) is 11.8 Å². The fraction of sp³-hybridized carbons (Fsp3) is 0.167. The number of benzene rings is 2. The van der Waals surface area contributed by atoms with Crippen molar-refractivity contribution in [1.82, 2.24) is 5.43 Å². The van der Waals surface area contributed by atoms with Gasteiger partial charge in [-0.15, -0.1) is 0 Å². The minimum atomic E-state index is -0.459. The average Bonchev–Trinajstić information content (AvgIpc) is 2.51. The third-order valence-corrected chi connectivity index (χ3v) is 3.22. The van der Waals surface area contributed by atoms with E-state index in [2.05, 4.69) is 15.8 Å². The molecule has 5 heteroatoms. The van der Waals surface area contributed by atoms with E-state index in [1.807, 2.05) is 56.3 Å². The van der Waals surface area contributed by atoms with Crippen LogP contribution < -0.4 is 10.7 Å². The van der Waals surface area contributed by atoms with Gasteiger partial charge in [-0.1, -0.05) is 48.0 Å². The second-order valence-corrected chi connectivity index (χ2v) is 5.24. The summed E-state index contributed by atoms with van der Waals surface area (Å²) in [6, 6.07) is 15.1. The number of carbonyl (C=O) groups excluding carboxylic acids is 2. The highest BCUT2D eigenvalue weighted by Crippen LogP contribution is 2.13. The van der Waals surface area contributed by atoms with Crippen molar-refractivity contribution >= 4 is 23.7 Å². The summed E-state index contributed by atoms with van der Waals surface area (Å²) in [7, 11) is 0. The fourth-order valence-electron chi connectivity index (χ4n) is 1.92. The van der Waals surface area contributed by atoms with Crippen LogP contribution in [0.5, 0.6) is 0 Å². The van der Waals surface area contributed by atoms with Gasteiger partial charge in [-0.05, 0) is 31.0 Å². The summed E-state index contributed by atoms with van der Waals surface area (Å²) in [5, 5.41) is 6.55. The number of hydrogen-bond acceptors (Lipinski definition) is 3. The number of rotatable bonds is 5. The first kappa shape index (κ1) is 16.4. The number of carbonyl (C=O) groups is 2. The molecule has 118 valence electrons. The Hall–Kier alpha value is -2.95. The second kappa shape index (κ2) is 7.89. The maximum absolute atomic E-state index is 11.8. The lowest BCUT2D eigenvalue weighted by molar-refractivity contribution is -0.126. The molecule has 0 heterocycles. The van der Waals surface area contributed by atoms with Crippen LogP contribution in [0.15, 0.2) is 53.6 Å². The Bertz CT molecular complexity index is 721. The third-order valence-electron chi connectivity index (χ3n) is 3.22. The van der Waals surface area contributed by atoms with Gasteiger partial charge >= 0.3 is 0 Å². The molecule has 0 saturated carbocycles. The highest BCUT2D eigenvalue weighted by molar-refractivity contribution is 6.03. The van der Waals surface area contributed by atoms with Gasteiger partial charge in [-0.25, -0.2) is 5.43 Å². The summed E-state index contributed by atoms with van der Waals surface area (Å²) in [6.07, 6.45) is 1.26. The van der Waals surface area contributed by atoms with Crippen molar-refractivity contribution in [3.8, 4) is 0 Å². The van der Waals surface area contributed by atoms with E-state index in [9.17, 15) is 9.59 Å². The van der Waals surface area contributed by atoms with Gasteiger partial charge in [-0.3, -0.25) is 9.59 Å². The predicted octanol–water partition coefficient (Wildman–Crippen LogP) is 2.78. The van der Waals surface area contributed by atoms with Crippen molar-refractivity contribution in [2.24, 2.45) is 5.10 Å². The molecule has 0 spiro atoms. The Morgan fingerprint density at radius 2 is 1.70 bits per heavy atom. The molecule has 5 nitrogen and oxygen atoms in total.